The molecule has 2 aromatic heterocycles. The summed E-state index contributed by atoms with van der Waals surface area (Å²) >= 11 is 0. The molecule has 1 amide bonds. The molecule has 138 valence electrons. The van der Waals surface area contributed by atoms with E-state index < -0.39 is 5.92 Å². The molecule has 0 saturated heterocycles. The summed E-state index contributed by atoms with van der Waals surface area (Å²) in [5, 5.41) is 19.9. The third kappa shape index (κ3) is 3.13. The van der Waals surface area contributed by atoms with Crippen LogP contribution in [-0.4, -0.2) is 27.6 Å². The summed E-state index contributed by atoms with van der Waals surface area (Å²) in [5.41, 5.74) is 10.5. The third-order valence-electron chi connectivity index (χ3n) is 4.75. The Bertz CT molecular complexity index is 1170. The monoisotopic (exact) mass is 370 g/mol. The minimum Gasteiger partial charge on any atom is -0.359 e. The highest BCUT2D eigenvalue weighted by atomic mass is 16.1. The molecular weight excluding hydrogens is 352 g/mol. The molecule has 0 aliphatic rings. The molecule has 0 aliphatic heterocycles. The van der Waals surface area contributed by atoms with Gasteiger partial charge in [-0.25, -0.2) is 0 Å². The van der Waals surface area contributed by atoms with Crippen LogP contribution in [0.2, 0.25) is 0 Å². The van der Waals surface area contributed by atoms with E-state index in [9.17, 15) is 4.79 Å². The number of carbonyl (C=O) groups is 1. The Morgan fingerprint density at radius 3 is 2.86 bits per heavy atom. The molecule has 2 aromatic carbocycles. The predicted octanol–water partition coefficient (Wildman–Crippen LogP) is 3.11. The Balaban J connectivity index is 1.65. The van der Waals surface area contributed by atoms with Gasteiger partial charge in [-0.2, -0.15) is 10.4 Å². The van der Waals surface area contributed by atoms with Gasteiger partial charge in [-0.15, -0.1) is 0 Å². The standard InChI is InChI=1S/C21H18N6O/c22-8-13-3-1-4-14(7-13)17(9-23)21(28)27-19-6-2-5-16-18(12-24-20(16)19)15-10-25-26-11-15/h1-7,10-12,17,24H,9,23H2,(H,25,26)(H,27,28)/t17-/m0/s1. The Morgan fingerprint density at radius 1 is 1.25 bits per heavy atom. The second-order valence-electron chi connectivity index (χ2n) is 6.43. The molecular formula is C21H18N6O. The predicted molar refractivity (Wildman–Crippen MR) is 107 cm³/mol. The van der Waals surface area contributed by atoms with Crippen LogP contribution < -0.4 is 11.1 Å². The van der Waals surface area contributed by atoms with Gasteiger partial charge < -0.3 is 16.0 Å². The highest BCUT2D eigenvalue weighted by Gasteiger charge is 2.21. The van der Waals surface area contributed by atoms with Crippen molar-refractivity contribution in [2.24, 2.45) is 5.73 Å². The fourth-order valence-electron chi connectivity index (χ4n) is 3.33. The van der Waals surface area contributed by atoms with Crippen molar-refractivity contribution in [3.63, 3.8) is 0 Å². The van der Waals surface area contributed by atoms with Gasteiger partial charge in [0.1, 0.15) is 0 Å². The minimum atomic E-state index is -0.549. The molecule has 28 heavy (non-hydrogen) atoms. The number of benzene rings is 2. The first-order valence-electron chi connectivity index (χ1n) is 8.81. The average Bonchev–Trinajstić information content (AvgIpc) is 3.38. The molecule has 7 heteroatoms. The molecule has 0 unspecified atom stereocenters. The Morgan fingerprint density at radius 2 is 2.11 bits per heavy atom. The zero-order chi connectivity index (χ0) is 19.5. The van der Waals surface area contributed by atoms with E-state index in [1.54, 1.807) is 24.4 Å². The van der Waals surface area contributed by atoms with Crippen LogP contribution in [-0.2, 0) is 4.79 Å². The van der Waals surface area contributed by atoms with Gasteiger partial charge in [0.2, 0.25) is 5.91 Å². The van der Waals surface area contributed by atoms with Crippen molar-refractivity contribution in [1.29, 1.82) is 5.26 Å². The summed E-state index contributed by atoms with van der Waals surface area (Å²) in [6, 6.07) is 14.8. The van der Waals surface area contributed by atoms with E-state index in [0.29, 0.717) is 11.3 Å². The number of anilines is 1. The number of hydrogen-bond donors (Lipinski definition) is 4. The number of fused-ring (bicyclic) bond motifs is 1. The van der Waals surface area contributed by atoms with Crippen LogP contribution in [0.5, 0.6) is 0 Å². The number of rotatable bonds is 5. The first kappa shape index (κ1) is 17.5. The van der Waals surface area contributed by atoms with E-state index >= 15 is 0 Å². The quantitative estimate of drug-likeness (QED) is 0.431. The van der Waals surface area contributed by atoms with Crippen LogP contribution in [0.25, 0.3) is 22.0 Å². The Kier molecular flexibility index (Phi) is 4.62. The third-order valence-corrected chi connectivity index (χ3v) is 4.75. The molecule has 4 aromatic rings. The van der Waals surface area contributed by atoms with Crippen molar-refractivity contribution in [3.05, 3.63) is 72.2 Å². The second-order valence-corrected chi connectivity index (χ2v) is 6.43. The van der Waals surface area contributed by atoms with Gasteiger partial charge in [0.15, 0.2) is 0 Å². The van der Waals surface area contributed by atoms with Crippen molar-refractivity contribution in [2.45, 2.75) is 5.92 Å². The highest BCUT2D eigenvalue weighted by molar-refractivity contribution is 6.07. The lowest BCUT2D eigenvalue weighted by molar-refractivity contribution is -0.117. The molecule has 7 nitrogen and oxygen atoms in total. The van der Waals surface area contributed by atoms with Crippen LogP contribution in [0.3, 0.4) is 0 Å². The zero-order valence-electron chi connectivity index (χ0n) is 14.9. The van der Waals surface area contributed by atoms with Crippen molar-refractivity contribution in [3.8, 4) is 17.2 Å². The second kappa shape index (κ2) is 7.39. The lowest BCUT2D eigenvalue weighted by atomic mass is 9.96. The van der Waals surface area contributed by atoms with Crippen LogP contribution in [0.4, 0.5) is 5.69 Å². The number of carbonyl (C=O) groups excluding carboxylic acids is 1. The molecule has 1 atom stereocenters. The minimum absolute atomic E-state index is 0.141. The topological polar surface area (TPSA) is 123 Å². The summed E-state index contributed by atoms with van der Waals surface area (Å²) in [7, 11) is 0. The molecule has 0 fully saturated rings. The van der Waals surface area contributed by atoms with Crippen LogP contribution in [0, 0.1) is 11.3 Å². The number of aromatic amines is 2. The Hall–Kier alpha value is -3.89. The van der Waals surface area contributed by atoms with E-state index in [4.69, 9.17) is 11.0 Å². The zero-order valence-corrected chi connectivity index (χ0v) is 14.9. The van der Waals surface area contributed by atoms with E-state index in [-0.39, 0.29) is 12.5 Å². The molecule has 2 heterocycles. The fraction of sp³-hybridized carbons (Fsp3) is 0.0952. The molecule has 5 N–H and O–H groups in total. The van der Waals surface area contributed by atoms with Gasteiger partial charge in [-0.1, -0.05) is 24.3 Å². The first-order valence-corrected chi connectivity index (χ1v) is 8.81. The van der Waals surface area contributed by atoms with Gasteiger partial charge in [0.05, 0.1) is 35.0 Å². The molecule has 0 spiro atoms. The summed E-state index contributed by atoms with van der Waals surface area (Å²) < 4.78 is 0. The Labute approximate surface area is 161 Å². The van der Waals surface area contributed by atoms with Crippen LogP contribution >= 0.6 is 0 Å². The maximum atomic E-state index is 12.9. The normalized spacial score (nSPS) is 11.9. The number of nitrogens with two attached hydrogens (primary N) is 1. The lowest BCUT2D eigenvalue weighted by Gasteiger charge is -2.16. The highest BCUT2D eigenvalue weighted by Crippen LogP contribution is 2.32. The summed E-state index contributed by atoms with van der Waals surface area (Å²) in [4.78, 5) is 16.2. The molecule has 0 radical (unpaired) electrons. The number of amides is 1. The van der Waals surface area contributed by atoms with Crippen LogP contribution in [0.15, 0.2) is 61.1 Å². The number of H-pyrrole nitrogens is 2. The van der Waals surface area contributed by atoms with Gasteiger partial charge in [-0.3, -0.25) is 9.89 Å². The average molecular weight is 370 g/mol. The smallest absolute Gasteiger partial charge is 0.233 e. The van der Waals surface area contributed by atoms with Crippen molar-refractivity contribution in [1.82, 2.24) is 15.2 Å². The van der Waals surface area contributed by atoms with Gasteiger partial charge in [0, 0.05) is 35.5 Å². The molecule has 0 bridgehead atoms. The number of aromatic nitrogens is 3. The van der Waals surface area contributed by atoms with Crippen molar-refractivity contribution in [2.75, 3.05) is 11.9 Å². The van der Waals surface area contributed by atoms with Gasteiger partial charge in [0.25, 0.3) is 0 Å². The number of nitrogens with zero attached hydrogens (tertiary/aromatic N) is 2. The maximum Gasteiger partial charge on any atom is 0.233 e. The van der Waals surface area contributed by atoms with Crippen molar-refractivity contribution >= 4 is 22.5 Å². The fourth-order valence-corrected chi connectivity index (χ4v) is 3.33. The first-order chi connectivity index (χ1) is 13.7. The van der Waals surface area contributed by atoms with Crippen molar-refractivity contribution < 1.29 is 4.79 Å². The number of hydrogen-bond acceptors (Lipinski definition) is 4. The molecule has 0 aliphatic carbocycles. The summed E-state index contributed by atoms with van der Waals surface area (Å²) in [6.07, 6.45) is 5.46. The molecule has 4 rings (SSSR count). The molecule has 0 saturated carbocycles. The number of nitrogens with one attached hydrogen (secondary N) is 3. The SMILES string of the molecule is N#Cc1cccc([C@H](CN)C(=O)Nc2cccc3c(-c4cn[nH]c4)c[nH]c23)c1. The van der Waals surface area contributed by atoms with Crippen LogP contribution in [0.1, 0.15) is 17.0 Å². The van der Waals surface area contributed by atoms with E-state index in [2.05, 4.69) is 26.6 Å². The number of para-hydroxylation sites is 1. The maximum absolute atomic E-state index is 12.9. The summed E-state index contributed by atoms with van der Waals surface area (Å²) in [5.74, 6) is -0.767. The van der Waals surface area contributed by atoms with E-state index in [1.807, 2.05) is 36.7 Å². The van der Waals surface area contributed by atoms with Gasteiger partial charge >= 0.3 is 0 Å². The van der Waals surface area contributed by atoms with E-state index in [0.717, 1.165) is 27.6 Å². The van der Waals surface area contributed by atoms with E-state index in [1.165, 1.54) is 0 Å². The largest absolute Gasteiger partial charge is 0.359 e. The number of nitriles is 1. The lowest BCUT2D eigenvalue weighted by Crippen LogP contribution is -2.27. The summed E-state index contributed by atoms with van der Waals surface area (Å²) in [6.45, 7) is 0.141. The van der Waals surface area contributed by atoms with Gasteiger partial charge in [-0.05, 0) is 23.8 Å².